The Kier molecular flexibility index (Phi) is 21.5. The highest BCUT2D eigenvalue weighted by molar-refractivity contribution is 7.80. The molecule has 0 saturated carbocycles. The van der Waals surface area contributed by atoms with Crippen LogP contribution in [0.5, 0.6) is 11.5 Å². The third-order valence-corrected chi connectivity index (χ3v) is 7.03. The third-order valence-electron chi connectivity index (χ3n) is 6.78. The molecule has 6 N–H and O–H groups in total. The maximum atomic E-state index is 11.1. The lowest BCUT2D eigenvalue weighted by Gasteiger charge is -2.21. The van der Waals surface area contributed by atoms with E-state index < -0.39 is 50.1 Å². The van der Waals surface area contributed by atoms with Gasteiger partial charge >= 0.3 is 23.9 Å². The lowest BCUT2D eigenvalue weighted by molar-refractivity contribution is -0.143. The van der Waals surface area contributed by atoms with Crippen molar-refractivity contribution in [2.24, 2.45) is 0 Å². The average molecular weight is 671 g/mol. The van der Waals surface area contributed by atoms with E-state index >= 15 is 0 Å². The van der Waals surface area contributed by atoms with Crippen molar-refractivity contribution < 1.29 is 49.1 Å². The number of unbranched alkanes of at least 4 members (excludes halogenated alkanes) is 9. The van der Waals surface area contributed by atoms with E-state index in [1.54, 1.807) is 18.2 Å². The van der Waals surface area contributed by atoms with Crippen LogP contribution in [-0.2, 0) is 19.2 Å². The first-order valence-corrected chi connectivity index (χ1v) is 16.2. The Labute approximate surface area is 276 Å². The van der Waals surface area contributed by atoms with Crippen LogP contribution in [0.4, 0.5) is 5.69 Å². The minimum atomic E-state index is -1.18. The molecule has 0 aromatic heterocycles. The summed E-state index contributed by atoms with van der Waals surface area (Å²) in [6, 6.07) is 4.92. The summed E-state index contributed by atoms with van der Waals surface area (Å²) < 4.78 is 11.6. The predicted octanol–water partition coefficient (Wildman–Crippen LogP) is 3.59. The van der Waals surface area contributed by atoms with Crippen LogP contribution in [0, 0.1) is 0 Å². The number of nitrogens with zero attached hydrogens (tertiary/aromatic N) is 2. The molecule has 0 spiro atoms. The lowest BCUT2D eigenvalue weighted by atomic mass is 10.1. The Hall–Kier alpha value is -3.69. The molecule has 0 radical (unpaired) electrons. The van der Waals surface area contributed by atoms with Gasteiger partial charge in [0.25, 0.3) is 0 Å². The van der Waals surface area contributed by atoms with Crippen LogP contribution in [0.2, 0.25) is 0 Å². The fraction of sp³-hybridized carbons (Fsp3) is 0.645. The van der Waals surface area contributed by atoms with Gasteiger partial charge in [-0.1, -0.05) is 64.7 Å². The zero-order valence-electron chi connectivity index (χ0n) is 26.7. The van der Waals surface area contributed by atoms with Gasteiger partial charge in [-0.15, -0.1) is 0 Å². The average Bonchev–Trinajstić information content (AvgIpc) is 2.95. The van der Waals surface area contributed by atoms with Crippen LogP contribution in [0.1, 0.15) is 71.1 Å². The van der Waals surface area contributed by atoms with Crippen LogP contribution in [0.3, 0.4) is 0 Å². The normalized spacial score (nSPS) is 10.9. The van der Waals surface area contributed by atoms with E-state index in [1.807, 2.05) is 0 Å². The van der Waals surface area contributed by atoms with Gasteiger partial charge in [-0.3, -0.25) is 29.0 Å². The molecule has 0 saturated heterocycles. The van der Waals surface area contributed by atoms with Crippen LogP contribution < -0.4 is 20.1 Å². The second-order valence-corrected chi connectivity index (χ2v) is 11.3. The van der Waals surface area contributed by atoms with E-state index in [9.17, 15) is 19.2 Å². The van der Waals surface area contributed by atoms with Gasteiger partial charge in [0.15, 0.2) is 16.6 Å². The van der Waals surface area contributed by atoms with Crippen LogP contribution in [0.15, 0.2) is 18.2 Å². The van der Waals surface area contributed by atoms with Crippen molar-refractivity contribution in [2.45, 2.75) is 71.1 Å². The van der Waals surface area contributed by atoms with Gasteiger partial charge in [-0.25, -0.2) is 0 Å². The molecule has 15 heteroatoms. The topological polar surface area (TPSA) is 198 Å². The fourth-order valence-corrected chi connectivity index (χ4v) is 4.79. The van der Waals surface area contributed by atoms with Gasteiger partial charge < -0.3 is 40.5 Å². The second kappa shape index (κ2) is 24.5. The number of aliphatic carboxylic acids is 4. The Morgan fingerprint density at radius 1 is 0.674 bits per heavy atom. The van der Waals surface area contributed by atoms with Gasteiger partial charge in [-0.2, -0.15) is 0 Å². The standard InChI is InChI=1S/C31H50N4O10S/c1-2-3-4-5-6-7-8-9-10-11-14-32-31(46)33-24-12-13-25(44-17-15-34(20-27(36)37)21-28(38)39)26(19-24)45-18-16-35(22-29(40)41)23-30(42)43/h12-13,19H,2-11,14-18,20-23H2,1H3,(H,36,37)(H,38,39)(H,40,41)(H,42,43)(H2,32,33,46). The Bertz CT molecular complexity index is 1060. The van der Waals surface area contributed by atoms with Gasteiger partial charge in [0.2, 0.25) is 0 Å². The smallest absolute Gasteiger partial charge is 0.317 e. The molecule has 0 heterocycles. The number of benzene rings is 1. The summed E-state index contributed by atoms with van der Waals surface area (Å²) >= 11 is 5.44. The van der Waals surface area contributed by atoms with Crippen molar-refractivity contribution in [3.8, 4) is 11.5 Å². The van der Waals surface area contributed by atoms with E-state index in [0.717, 1.165) is 19.4 Å². The minimum Gasteiger partial charge on any atom is -0.488 e. The Morgan fingerprint density at radius 3 is 1.57 bits per heavy atom. The molecule has 0 unspecified atom stereocenters. The largest absolute Gasteiger partial charge is 0.488 e. The highest BCUT2D eigenvalue weighted by Crippen LogP contribution is 2.31. The molecule has 0 aliphatic heterocycles. The molecular formula is C31H50N4O10S. The summed E-state index contributed by atoms with van der Waals surface area (Å²) in [5, 5.41) is 43.0. The zero-order chi connectivity index (χ0) is 34.2. The van der Waals surface area contributed by atoms with Crippen LogP contribution >= 0.6 is 12.2 Å². The first kappa shape index (κ1) is 40.3. The fourth-order valence-electron chi connectivity index (χ4n) is 4.57. The number of carboxylic acid groups (broad SMARTS) is 4. The van der Waals surface area contributed by atoms with Crippen molar-refractivity contribution in [1.29, 1.82) is 0 Å². The number of carboxylic acids is 4. The molecule has 0 fully saturated rings. The molecule has 0 aliphatic carbocycles. The predicted molar refractivity (Wildman–Crippen MR) is 177 cm³/mol. The molecule has 0 bridgehead atoms. The molecule has 0 atom stereocenters. The first-order chi connectivity index (χ1) is 22.0. The molecule has 1 rings (SSSR count). The molecule has 1 aromatic carbocycles. The van der Waals surface area contributed by atoms with E-state index in [0.29, 0.717) is 10.8 Å². The molecule has 260 valence electrons. The van der Waals surface area contributed by atoms with E-state index in [2.05, 4.69) is 17.6 Å². The van der Waals surface area contributed by atoms with Crippen LogP contribution in [-0.4, -0.2) is 118 Å². The quantitative estimate of drug-likeness (QED) is 0.0558. The molecule has 0 aliphatic rings. The Morgan fingerprint density at radius 2 is 1.11 bits per heavy atom. The monoisotopic (exact) mass is 670 g/mol. The number of ether oxygens (including phenoxy) is 2. The van der Waals surface area contributed by atoms with Gasteiger partial charge in [0.1, 0.15) is 13.2 Å². The number of thiocarbonyl (C=S) groups is 1. The minimum absolute atomic E-state index is 0.000474. The van der Waals surface area contributed by atoms with Crippen molar-refractivity contribution >= 4 is 46.9 Å². The number of rotatable bonds is 28. The number of hydrogen-bond acceptors (Lipinski definition) is 9. The van der Waals surface area contributed by atoms with Gasteiger partial charge in [-0.05, 0) is 30.8 Å². The van der Waals surface area contributed by atoms with Gasteiger partial charge in [0.05, 0.1) is 26.2 Å². The Balaban J connectivity index is 2.74. The maximum Gasteiger partial charge on any atom is 0.317 e. The number of nitrogens with one attached hydrogen (secondary N) is 2. The summed E-state index contributed by atoms with van der Waals surface area (Å²) in [4.78, 5) is 46.8. The highest BCUT2D eigenvalue weighted by Gasteiger charge is 2.16. The maximum absolute atomic E-state index is 11.1. The van der Waals surface area contributed by atoms with Gasteiger partial charge in [0, 0.05) is 31.4 Å². The molecular weight excluding hydrogens is 620 g/mol. The lowest BCUT2D eigenvalue weighted by Crippen LogP contribution is -2.37. The van der Waals surface area contributed by atoms with Crippen molar-refractivity contribution in [3.63, 3.8) is 0 Å². The van der Waals surface area contributed by atoms with E-state index in [4.69, 9.17) is 42.1 Å². The summed E-state index contributed by atoms with van der Waals surface area (Å²) in [6.07, 6.45) is 12.4. The second-order valence-electron chi connectivity index (χ2n) is 10.9. The first-order valence-electron chi connectivity index (χ1n) is 15.8. The zero-order valence-corrected chi connectivity index (χ0v) is 27.5. The number of hydrogen-bond donors (Lipinski definition) is 6. The van der Waals surface area contributed by atoms with Crippen molar-refractivity contribution in [3.05, 3.63) is 18.2 Å². The summed E-state index contributed by atoms with van der Waals surface area (Å²) in [7, 11) is 0. The van der Waals surface area contributed by atoms with Crippen LogP contribution in [0.25, 0.3) is 0 Å². The summed E-state index contributed by atoms with van der Waals surface area (Å²) in [5.41, 5.74) is 0.578. The molecule has 14 nitrogen and oxygen atoms in total. The summed E-state index contributed by atoms with van der Waals surface area (Å²) in [5.74, 6) is -4.19. The van der Waals surface area contributed by atoms with E-state index in [1.165, 1.54) is 61.2 Å². The van der Waals surface area contributed by atoms with E-state index in [-0.39, 0.29) is 37.8 Å². The molecule has 46 heavy (non-hydrogen) atoms. The highest BCUT2D eigenvalue weighted by atomic mass is 32.1. The number of carbonyl (C=O) groups is 4. The molecule has 1 aromatic rings. The molecule has 0 amide bonds. The van der Waals surface area contributed by atoms with Crippen molar-refractivity contribution in [1.82, 2.24) is 15.1 Å². The third kappa shape index (κ3) is 21.1. The SMILES string of the molecule is CCCCCCCCCCCCNC(=S)Nc1ccc(OCCN(CC(=O)O)CC(=O)O)c(OCCN(CC(=O)O)CC(=O)O)c1. The number of anilines is 1. The van der Waals surface area contributed by atoms with Crippen molar-refractivity contribution in [2.75, 3.05) is 64.3 Å². The summed E-state index contributed by atoms with van der Waals surface area (Å²) in [6.45, 7) is 0.918.